The molecule has 29 heteroatoms. The summed E-state index contributed by atoms with van der Waals surface area (Å²) in [6.07, 6.45) is -1.33. The summed E-state index contributed by atoms with van der Waals surface area (Å²) in [5.74, 6) is 0.282. The lowest BCUT2D eigenvalue weighted by Crippen LogP contribution is -2.34. The number of aliphatic hydroxyl groups excluding tert-OH is 6. The van der Waals surface area contributed by atoms with Crippen molar-refractivity contribution in [3.63, 3.8) is 0 Å². The number of amides is 6. The van der Waals surface area contributed by atoms with Gasteiger partial charge in [-0.3, -0.25) is 48.5 Å². The molecule has 6 amide bonds. The molecule has 6 aliphatic rings. The van der Waals surface area contributed by atoms with Crippen molar-refractivity contribution in [2.24, 2.45) is 34.5 Å². The van der Waals surface area contributed by atoms with Crippen molar-refractivity contribution in [3.8, 4) is 0 Å². The fraction of sp³-hybridized carbons (Fsp3) is 0.820. The number of rotatable bonds is 27. The van der Waals surface area contributed by atoms with Crippen LogP contribution in [-0.4, -0.2) is 280 Å². The van der Waals surface area contributed by atoms with E-state index in [-0.39, 0.29) is 142 Å². The van der Waals surface area contributed by atoms with Crippen LogP contribution in [0.25, 0.3) is 0 Å². The van der Waals surface area contributed by atoms with E-state index in [1.165, 1.54) is 24.5 Å². The van der Waals surface area contributed by atoms with Crippen LogP contribution in [0.5, 0.6) is 0 Å². The van der Waals surface area contributed by atoms with Crippen molar-refractivity contribution < 1.29 is 112 Å². The predicted molar refractivity (Wildman–Crippen MR) is 325 cm³/mol. The first-order valence-corrected chi connectivity index (χ1v) is 31.0. The van der Waals surface area contributed by atoms with Crippen LogP contribution in [0, 0.1) is 34.5 Å². The number of hydrogen-bond acceptors (Lipinski definition) is 23. The van der Waals surface area contributed by atoms with Gasteiger partial charge in [-0.15, -0.1) is 0 Å². The molecule has 29 nitrogen and oxygen atoms in total. The largest absolute Gasteiger partial charge is 0.444 e. The zero-order valence-electron chi connectivity index (χ0n) is 55.6. The maximum absolute atomic E-state index is 11.9. The zero-order chi connectivity index (χ0) is 68.8. The van der Waals surface area contributed by atoms with Crippen molar-refractivity contribution in [1.82, 2.24) is 29.4 Å². The normalized spacial score (nSPS) is 21.5. The summed E-state index contributed by atoms with van der Waals surface area (Å²) >= 11 is 0. The number of cyclic esters (lactones) is 6. The number of aliphatic hydroxyl groups is 6. The molecule has 0 spiro atoms. The topological polar surface area (TPSA) is 384 Å². The van der Waals surface area contributed by atoms with Gasteiger partial charge in [-0.05, 0) is 42.9 Å². The van der Waals surface area contributed by atoms with Gasteiger partial charge in [0.25, 0.3) is 0 Å². The number of likely N-dealkylation sites (N-methyl/N-ethyl adjacent to an activating group) is 1. The van der Waals surface area contributed by atoms with Crippen LogP contribution in [0.2, 0.25) is 0 Å². The number of Topliss-reactive ketones (excluding diaryl/α,β-unsaturated/α-hetero) is 5. The predicted octanol–water partition coefficient (Wildman–Crippen LogP) is 3.70. The lowest BCUT2D eigenvalue weighted by Gasteiger charge is -2.23. The Hall–Kier alpha value is -6.27. The summed E-state index contributed by atoms with van der Waals surface area (Å²) in [5.41, 5.74) is 0.130. The molecule has 0 aromatic carbocycles. The molecule has 0 aromatic rings. The fourth-order valence-electron chi connectivity index (χ4n) is 9.57. The molecule has 0 radical (unpaired) electrons. The Bertz CT molecular complexity index is 2250. The van der Waals surface area contributed by atoms with Gasteiger partial charge in [0.2, 0.25) is 0 Å². The molecule has 0 bridgehead atoms. The van der Waals surface area contributed by atoms with E-state index in [0.717, 1.165) is 19.3 Å². The second-order valence-electron chi connectivity index (χ2n) is 26.0. The fourth-order valence-corrected chi connectivity index (χ4v) is 9.57. The van der Waals surface area contributed by atoms with Gasteiger partial charge >= 0.3 is 36.6 Å². The second kappa shape index (κ2) is 40.6. The minimum Gasteiger partial charge on any atom is -0.444 e. The van der Waals surface area contributed by atoms with Gasteiger partial charge in [0.15, 0.2) is 28.9 Å². The summed E-state index contributed by atoms with van der Waals surface area (Å²) in [6.45, 7) is 29.7. The average Bonchev–Trinajstić information content (AvgIpc) is 2.28. The molecule has 6 fully saturated rings. The quantitative estimate of drug-likeness (QED) is 0.0638. The van der Waals surface area contributed by atoms with E-state index >= 15 is 0 Å². The highest BCUT2D eigenvalue weighted by atomic mass is 16.6. The number of carbonyl (C=O) groups excluding carboxylic acids is 11. The van der Waals surface area contributed by atoms with Gasteiger partial charge in [-0.1, -0.05) is 90.0 Å². The van der Waals surface area contributed by atoms with Gasteiger partial charge in [0, 0.05) is 50.2 Å². The van der Waals surface area contributed by atoms with E-state index in [1.807, 2.05) is 41.5 Å². The third-order valence-electron chi connectivity index (χ3n) is 14.3. The molecule has 0 saturated carbocycles. The first-order chi connectivity index (χ1) is 42.0. The van der Waals surface area contributed by atoms with Gasteiger partial charge in [0.1, 0.15) is 36.6 Å². The second-order valence-corrected chi connectivity index (χ2v) is 26.0. The van der Waals surface area contributed by atoms with Crippen LogP contribution < -0.4 is 0 Å². The number of ether oxygens (including phenoxy) is 6. The Labute approximate surface area is 529 Å². The third kappa shape index (κ3) is 31.2. The van der Waals surface area contributed by atoms with E-state index in [9.17, 15) is 52.7 Å². The smallest absolute Gasteiger partial charge is 0.410 e. The maximum atomic E-state index is 11.9. The van der Waals surface area contributed by atoms with Crippen molar-refractivity contribution >= 4 is 65.5 Å². The Morgan fingerprint density at radius 3 is 0.967 bits per heavy atom. The first kappa shape index (κ1) is 81.7. The molecule has 0 aromatic heterocycles. The summed E-state index contributed by atoms with van der Waals surface area (Å²) in [7, 11) is 0. The van der Waals surface area contributed by atoms with E-state index in [1.54, 1.807) is 32.6 Å². The highest BCUT2D eigenvalue weighted by Crippen LogP contribution is 2.27. The Morgan fingerprint density at radius 2 is 0.711 bits per heavy atom. The van der Waals surface area contributed by atoms with Gasteiger partial charge in [-0.2, -0.15) is 0 Å². The van der Waals surface area contributed by atoms with Crippen molar-refractivity contribution in [2.45, 2.75) is 172 Å². The Balaban J connectivity index is 0.000000543. The summed E-state index contributed by atoms with van der Waals surface area (Å²) < 4.78 is 29.1. The lowest BCUT2D eigenvalue weighted by atomic mass is 9.83. The van der Waals surface area contributed by atoms with Crippen LogP contribution >= 0.6 is 0 Å². The zero-order valence-corrected chi connectivity index (χ0v) is 55.6. The molecular formula is C61H106N6O23. The van der Waals surface area contributed by atoms with Gasteiger partial charge in [0.05, 0.1) is 105 Å². The minimum absolute atomic E-state index is 0.000500. The monoisotopic (exact) mass is 1290 g/mol. The van der Waals surface area contributed by atoms with Crippen LogP contribution in [-0.2, 0) is 52.4 Å². The van der Waals surface area contributed by atoms with Crippen LogP contribution in [0.1, 0.15) is 135 Å². The Morgan fingerprint density at radius 1 is 0.422 bits per heavy atom. The molecule has 0 aliphatic carbocycles. The molecule has 90 heavy (non-hydrogen) atoms. The maximum Gasteiger partial charge on any atom is 0.410 e. The Kier molecular flexibility index (Phi) is 36.8. The number of ketones is 5. The number of carbonyl (C=O) groups is 11. The first-order valence-electron chi connectivity index (χ1n) is 31.0. The molecule has 6 rings (SSSR count). The van der Waals surface area contributed by atoms with Crippen molar-refractivity contribution in [2.75, 3.05) is 118 Å². The average molecular weight is 1290 g/mol. The van der Waals surface area contributed by atoms with E-state index in [2.05, 4.69) is 27.7 Å². The summed E-state index contributed by atoms with van der Waals surface area (Å²) in [6, 6.07) is 0. The highest BCUT2D eigenvalue weighted by molar-refractivity contribution is 5.88. The van der Waals surface area contributed by atoms with Gasteiger partial charge in [-0.25, -0.2) is 28.8 Å². The van der Waals surface area contributed by atoms with Crippen LogP contribution in [0.4, 0.5) is 28.8 Å². The molecule has 6 aliphatic heterocycles. The molecule has 518 valence electrons. The summed E-state index contributed by atoms with van der Waals surface area (Å²) in [4.78, 5) is 134. The molecular weight excluding hydrogens is 1180 g/mol. The van der Waals surface area contributed by atoms with E-state index in [4.69, 9.17) is 59.1 Å². The number of hydrogen-bond donors (Lipinski definition) is 6. The lowest BCUT2D eigenvalue weighted by molar-refractivity contribution is -0.124. The standard InChI is InChI=1S/C14H25NO4.2C11H19NO4.2C9H15NO4.C7H13NO3/c1-10(6-14(2,3)4)5-11(17)7-15-8-12(9-16)19-13(15)18;1-11(2,3)4-8(14)5-12-6-9(7-13)16-10(12)15;1-3-8(4-2)10(14)6-12-5-9(7-13)16-11(12)15;2*1-6(2)8(12)4-10-3-7(5-11)14-9(10)13;1-2-8-5-6(3-4-9)11-7(8)10/h10,12,16H,5-9H2,1-4H3;9,13H,4-7H2,1-3H3;8-9,13H,3-7H2,1-2H3;2*6-7,11H,3-5H2,1-2H3;6,9H,2-5H2,1H3. The highest BCUT2D eigenvalue weighted by Gasteiger charge is 2.37. The molecule has 6 saturated heterocycles. The SMILES string of the molecule is CC(C)(C)CC(=O)CN1CC(CO)OC1=O.CC(C)C(=O)CN1CC(CO)OC1=O.CC(C)C(=O)CN1CC(CO)OC1=O.CC(CC(=O)CN1CC(CO)OC1=O)CC(C)(C)C.CCC(CC)C(=O)CN1CC(CO)OC1=O.CCN1CC(CCO)OC1=O. The van der Waals surface area contributed by atoms with Crippen molar-refractivity contribution in [3.05, 3.63) is 0 Å². The van der Waals surface area contributed by atoms with Crippen LogP contribution in [0.3, 0.4) is 0 Å². The summed E-state index contributed by atoms with van der Waals surface area (Å²) in [5, 5.41) is 52.7. The molecule has 6 N–H and O–H groups in total. The third-order valence-corrected chi connectivity index (χ3v) is 14.3. The minimum atomic E-state index is -0.516. The van der Waals surface area contributed by atoms with Crippen molar-refractivity contribution in [1.29, 1.82) is 0 Å². The molecule has 7 atom stereocenters. The molecule has 6 heterocycles. The van der Waals surface area contributed by atoms with E-state index < -0.39 is 61.0 Å². The number of nitrogens with zero attached hydrogens (tertiary/aromatic N) is 6. The van der Waals surface area contributed by atoms with Gasteiger partial charge < -0.3 is 64.0 Å². The van der Waals surface area contributed by atoms with Crippen LogP contribution in [0.15, 0.2) is 0 Å². The molecule has 7 unspecified atom stereocenters. The van der Waals surface area contributed by atoms with E-state index in [0.29, 0.717) is 71.0 Å².